The number of halogens is 1. The summed E-state index contributed by atoms with van der Waals surface area (Å²) in [5, 5.41) is 2.98. The average molecular weight is 631 g/mol. The number of benzene rings is 3. The van der Waals surface area contributed by atoms with Gasteiger partial charge in [0.15, 0.2) is 0 Å². The van der Waals surface area contributed by atoms with Crippen molar-refractivity contribution in [1.82, 2.24) is 10.2 Å². The summed E-state index contributed by atoms with van der Waals surface area (Å²) in [6.07, 6.45) is 3.06. The molecule has 10 heteroatoms. The molecule has 214 valence electrons. The van der Waals surface area contributed by atoms with Crippen molar-refractivity contribution >= 4 is 43.5 Å². The van der Waals surface area contributed by atoms with E-state index in [0.717, 1.165) is 39.0 Å². The maximum absolute atomic E-state index is 14.1. The molecule has 0 bridgehead atoms. The number of unbranched alkanes of at least 4 members (excludes halogenated alkanes) is 1. The average Bonchev–Trinajstić information content (AvgIpc) is 2.93. The van der Waals surface area contributed by atoms with E-state index in [0.29, 0.717) is 18.0 Å². The number of hydrogen-bond acceptors (Lipinski definition) is 5. The molecule has 0 unspecified atom stereocenters. The van der Waals surface area contributed by atoms with Crippen molar-refractivity contribution in [2.75, 3.05) is 30.8 Å². The van der Waals surface area contributed by atoms with Crippen LogP contribution >= 0.6 is 15.9 Å². The molecular weight excluding hydrogens is 594 g/mol. The predicted molar refractivity (Wildman–Crippen MR) is 162 cm³/mol. The van der Waals surface area contributed by atoms with Crippen LogP contribution in [0.1, 0.15) is 30.9 Å². The van der Waals surface area contributed by atoms with Crippen molar-refractivity contribution in [3.05, 3.63) is 94.5 Å². The monoisotopic (exact) mass is 629 g/mol. The van der Waals surface area contributed by atoms with Gasteiger partial charge in [0.2, 0.25) is 21.8 Å². The van der Waals surface area contributed by atoms with Crippen molar-refractivity contribution in [2.45, 2.75) is 38.8 Å². The Morgan fingerprint density at radius 3 is 2.25 bits per heavy atom. The first-order valence-corrected chi connectivity index (χ1v) is 15.7. The normalized spacial score (nSPS) is 11.9. The van der Waals surface area contributed by atoms with Gasteiger partial charge in [-0.15, -0.1) is 0 Å². The fraction of sp³-hybridized carbons (Fsp3) is 0.333. The Morgan fingerprint density at radius 2 is 1.65 bits per heavy atom. The van der Waals surface area contributed by atoms with Gasteiger partial charge < -0.3 is 15.0 Å². The molecule has 1 N–H and O–H groups in total. The Hall–Kier alpha value is -3.37. The van der Waals surface area contributed by atoms with E-state index in [1.165, 1.54) is 12.0 Å². The molecule has 0 spiro atoms. The molecule has 8 nitrogen and oxygen atoms in total. The van der Waals surface area contributed by atoms with Crippen LogP contribution in [0.3, 0.4) is 0 Å². The Balaban J connectivity index is 2.02. The van der Waals surface area contributed by atoms with Crippen molar-refractivity contribution in [2.24, 2.45) is 0 Å². The third kappa shape index (κ3) is 9.09. The van der Waals surface area contributed by atoms with E-state index in [4.69, 9.17) is 4.74 Å². The highest BCUT2D eigenvalue weighted by Crippen LogP contribution is 2.23. The summed E-state index contributed by atoms with van der Waals surface area (Å²) in [7, 11) is -2.31. The second kappa shape index (κ2) is 14.9. The third-order valence-corrected chi connectivity index (χ3v) is 8.02. The molecule has 0 aliphatic heterocycles. The van der Waals surface area contributed by atoms with Crippen LogP contribution in [0.15, 0.2) is 83.3 Å². The van der Waals surface area contributed by atoms with Crippen molar-refractivity contribution in [3.63, 3.8) is 0 Å². The van der Waals surface area contributed by atoms with E-state index < -0.39 is 28.5 Å². The number of sulfonamides is 1. The van der Waals surface area contributed by atoms with Crippen molar-refractivity contribution in [1.29, 1.82) is 0 Å². The molecule has 40 heavy (non-hydrogen) atoms. The second-order valence-corrected chi connectivity index (χ2v) is 12.3. The molecule has 0 radical (unpaired) electrons. The first-order chi connectivity index (χ1) is 19.1. The van der Waals surface area contributed by atoms with Gasteiger partial charge in [0, 0.05) is 24.0 Å². The van der Waals surface area contributed by atoms with Gasteiger partial charge in [-0.3, -0.25) is 13.9 Å². The molecule has 0 aliphatic carbocycles. The van der Waals surface area contributed by atoms with Gasteiger partial charge in [-0.05, 0) is 53.9 Å². The fourth-order valence-corrected chi connectivity index (χ4v) is 5.55. The molecule has 0 aliphatic rings. The molecule has 3 rings (SSSR count). The van der Waals surface area contributed by atoms with Gasteiger partial charge in [0.25, 0.3) is 0 Å². The number of amides is 2. The summed E-state index contributed by atoms with van der Waals surface area (Å²) in [5.74, 6) is -0.213. The highest BCUT2D eigenvalue weighted by atomic mass is 79.9. The van der Waals surface area contributed by atoms with Gasteiger partial charge in [0.05, 0.1) is 19.1 Å². The second-order valence-electron chi connectivity index (χ2n) is 9.47. The van der Waals surface area contributed by atoms with Crippen LogP contribution in [-0.4, -0.2) is 57.6 Å². The van der Waals surface area contributed by atoms with E-state index in [2.05, 4.69) is 21.2 Å². The Bertz CT molecular complexity index is 1370. The first-order valence-electron chi connectivity index (χ1n) is 13.1. The number of anilines is 1. The zero-order valence-corrected chi connectivity index (χ0v) is 25.4. The third-order valence-electron chi connectivity index (χ3n) is 6.38. The number of nitrogens with one attached hydrogen (secondary N) is 1. The number of methoxy groups -OCH3 is 1. The quantitative estimate of drug-likeness (QED) is 0.259. The largest absolute Gasteiger partial charge is 0.497 e. The number of carbonyl (C=O) groups excluding carboxylic acids is 2. The molecule has 0 fully saturated rings. The van der Waals surface area contributed by atoms with Gasteiger partial charge in [-0.25, -0.2) is 8.42 Å². The highest BCUT2D eigenvalue weighted by molar-refractivity contribution is 9.10. The minimum atomic E-state index is -3.83. The molecular formula is C30H36BrN3O5S. The van der Waals surface area contributed by atoms with Crippen LogP contribution in [0, 0.1) is 0 Å². The topological polar surface area (TPSA) is 96.0 Å². The van der Waals surface area contributed by atoms with Crippen LogP contribution in [0.4, 0.5) is 5.69 Å². The molecule has 3 aromatic rings. The summed E-state index contributed by atoms with van der Waals surface area (Å²) in [5.41, 5.74) is 2.02. The zero-order chi connectivity index (χ0) is 29.1. The van der Waals surface area contributed by atoms with E-state index in [1.54, 1.807) is 24.3 Å². The first kappa shape index (κ1) is 31.2. The maximum atomic E-state index is 14.1. The molecule has 0 aromatic heterocycles. The molecule has 0 saturated heterocycles. The number of ether oxygens (including phenoxy) is 1. The minimum Gasteiger partial charge on any atom is -0.497 e. The summed E-state index contributed by atoms with van der Waals surface area (Å²) in [6, 6.07) is 22.6. The summed E-state index contributed by atoms with van der Waals surface area (Å²) in [6.45, 7) is 2.18. The number of nitrogens with zero attached hydrogens (tertiary/aromatic N) is 2. The van der Waals surface area contributed by atoms with Crippen LogP contribution in [0.5, 0.6) is 5.75 Å². The number of carbonyl (C=O) groups is 2. The highest BCUT2D eigenvalue weighted by Gasteiger charge is 2.33. The minimum absolute atomic E-state index is 0.122. The summed E-state index contributed by atoms with van der Waals surface area (Å²) in [4.78, 5) is 29.1. The maximum Gasteiger partial charge on any atom is 0.244 e. The fourth-order valence-electron chi connectivity index (χ4n) is 4.25. The molecule has 3 aromatic carbocycles. The predicted octanol–water partition coefficient (Wildman–Crippen LogP) is 4.78. The van der Waals surface area contributed by atoms with E-state index in [1.807, 2.05) is 61.5 Å². The Labute approximate surface area is 245 Å². The Kier molecular flexibility index (Phi) is 11.6. The SMILES string of the molecule is CCCCNC(=O)[C@@H](Cc1ccccc1)N(Cc1cccc(Br)c1)C(=O)CN(c1ccc(OC)cc1)S(C)(=O)=O. The van der Waals surface area contributed by atoms with Crippen LogP contribution in [0.2, 0.25) is 0 Å². The zero-order valence-electron chi connectivity index (χ0n) is 23.0. The molecule has 0 saturated carbocycles. The molecule has 2 amide bonds. The smallest absolute Gasteiger partial charge is 0.244 e. The van der Waals surface area contributed by atoms with Crippen molar-refractivity contribution < 1.29 is 22.7 Å². The van der Waals surface area contributed by atoms with Gasteiger partial charge >= 0.3 is 0 Å². The summed E-state index contributed by atoms with van der Waals surface area (Å²) < 4.78 is 32.8. The van der Waals surface area contributed by atoms with Crippen LogP contribution in [-0.2, 0) is 32.6 Å². The lowest BCUT2D eigenvalue weighted by Crippen LogP contribution is -2.53. The van der Waals surface area contributed by atoms with Gasteiger partial charge in [-0.1, -0.05) is 71.7 Å². The van der Waals surface area contributed by atoms with Crippen molar-refractivity contribution in [3.8, 4) is 5.75 Å². The lowest BCUT2D eigenvalue weighted by molar-refractivity contribution is -0.140. The number of rotatable bonds is 14. The van der Waals surface area contributed by atoms with Crippen LogP contribution in [0.25, 0.3) is 0 Å². The lowest BCUT2D eigenvalue weighted by Gasteiger charge is -2.33. The standard InChI is InChI=1S/C30H36BrN3O5S/c1-4-5-18-32-30(36)28(20-23-10-7-6-8-11-23)33(21-24-12-9-13-25(31)19-24)29(35)22-34(40(3,37)38)26-14-16-27(39-2)17-15-26/h6-17,19,28H,4-5,18,20-22H2,1-3H3,(H,32,36)/t28-/m1/s1. The number of hydrogen-bond donors (Lipinski definition) is 1. The van der Waals surface area contributed by atoms with E-state index in [-0.39, 0.29) is 18.9 Å². The summed E-state index contributed by atoms with van der Waals surface area (Å²) >= 11 is 3.48. The van der Waals surface area contributed by atoms with Gasteiger partial charge in [-0.2, -0.15) is 0 Å². The Morgan fingerprint density at radius 1 is 0.975 bits per heavy atom. The molecule has 0 heterocycles. The van der Waals surface area contributed by atoms with Crippen LogP contribution < -0.4 is 14.4 Å². The van der Waals surface area contributed by atoms with E-state index >= 15 is 0 Å². The van der Waals surface area contributed by atoms with E-state index in [9.17, 15) is 18.0 Å². The lowest BCUT2D eigenvalue weighted by atomic mass is 10.0. The van der Waals surface area contributed by atoms with Gasteiger partial charge in [0.1, 0.15) is 18.3 Å². The molecule has 1 atom stereocenters.